The van der Waals surface area contributed by atoms with Crippen LogP contribution in [0.25, 0.3) is 22.3 Å². The molecule has 0 saturated carbocycles. The maximum absolute atomic E-state index is 13.6. The summed E-state index contributed by atoms with van der Waals surface area (Å²) >= 11 is 0. The summed E-state index contributed by atoms with van der Waals surface area (Å²) in [7, 11) is 0. The van der Waals surface area contributed by atoms with Gasteiger partial charge in [0.15, 0.2) is 0 Å². The van der Waals surface area contributed by atoms with Crippen LogP contribution in [0, 0.1) is 0 Å². The van der Waals surface area contributed by atoms with Gasteiger partial charge in [-0.3, -0.25) is 4.79 Å². The summed E-state index contributed by atoms with van der Waals surface area (Å²) in [5, 5.41) is 0. The van der Waals surface area contributed by atoms with Crippen LogP contribution in [0.15, 0.2) is 97.1 Å². The van der Waals surface area contributed by atoms with E-state index in [9.17, 15) is 9.59 Å². The van der Waals surface area contributed by atoms with Gasteiger partial charge >= 0.3 is 6.09 Å². The van der Waals surface area contributed by atoms with Gasteiger partial charge in [0.2, 0.25) is 0 Å². The topological polar surface area (TPSA) is 46.6 Å². The van der Waals surface area contributed by atoms with E-state index >= 15 is 0 Å². The van der Waals surface area contributed by atoms with E-state index in [0.717, 1.165) is 0 Å². The van der Waals surface area contributed by atoms with Crippen LogP contribution in [0.2, 0.25) is 0 Å². The lowest BCUT2D eigenvalue weighted by Gasteiger charge is -2.36. The van der Waals surface area contributed by atoms with Crippen LogP contribution in [-0.2, 0) is 9.53 Å². The molecule has 1 aliphatic heterocycles. The van der Waals surface area contributed by atoms with Crippen molar-refractivity contribution in [1.82, 2.24) is 4.90 Å². The molecule has 38 heavy (non-hydrogen) atoms. The minimum absolute atomic E-state index is 0.0183. The molecule has 1 amide bonds. The molecule has 4 heteroatoms. The first kappa shape index (κ1) is 23.0. The number of ether oxygens (including phenoxy) is 1. The van der Waals surface area contributed by atoms with Crippen LogP contribution in [0.5, 0.6) is 0 Å². The van der Waals surface area contributed by atoms with E-state index in [1.165, 1.54) is 44.5 Å². The van der Waals surface area contributed by atoms with E-state index < -0.39 is 0 Å². The molecule has 188 valence electrons. The molecule has 4 aromatic carbocycles. The second-order valence-electron chi connectivity index (χ2n) is 10.6. The zero-order chi connectivity index (χ0) is 25.6. The van der Waals surface area contributed by atoms with E-state index in [4.69, 9.17) is 4.74 Å². The summed E-state index contributed by atoms with van der Waals surface area (Å²) in [6, 6.07) is 33.6. The minimum atomic E-state index is -0.316. The molecular formula is C34H29NO3. The van der Waals surface area contributed by atoms with Crippen molar-refractivity contribution in [3.63, 3.8) is 0 Å². The fourth-order valence-electron chi connectivity index (χ4n) is 6.82. The zero-order valence-electron chi connectivity index (χ0n) is 21.2. The number of hydrogen-bond acceptors (Lipinski definition) is 3. The van der Waals surface area contributed by atoms with Crippen molar-refractivity contribution in [2.24, 2.45) is 0 Å². The average Bonchev–Trinajstić information content (AvgIpc) is 3.45. The zero-order valence-corrected chi connectivity index (χ0v) is 21.2. The van der Waals surface area contributed by atoms with Crippen molar-refractivity contribution in [2.75, 3.05) is 13.2 Å². The van der Waals surface area contributed by atoms with E-state index in [2.05, 4.69) is 84.9 Å². The maximum Gasteiger partial charge on any atom is 0.410 e. The Hall–Kier alpha value is -4.18. The largest absolute Gasteiger partial charge is 0.448 e. The fourth-order valence-corrected chi connectivity index (χ4v) is 6.82. The first-order valence-electron chi connectivity index (χ1n) is 13.5. The monoisotopic (exact) mass is 499 g/mol. The number of likely N-dealkylation sites (tertiary alicyclic amines) is 1. The van der Waals surface area contributed by atoms with Crippen molar-refractivity contribution in [2.45, 2.75) is 37.1 Å². The van der Waals surface area contributed by atoms with Crippen LogP contribution in [0.4, 0.5) is 4.79 Å². The van der Waals surface area contributed by atoms with Crippen LogP contribution in [-0.4, -0.2) is 36.0 Å². The number of nitrogens with zero attached hydrogens (tertiary/aromatic N) is 1. The fraction of sp³-hybridized carbons (Fsp3) is 0.235. The molecule has 3 aliphatic rings. The molecule has 0 bridgehead atoms. The number of carbonyl (C=O) groups is 2. The molecule has 4 nitrogen and oxygen atoms in total. The lowest BCUT2D eigenvalue weighted by molar-refractivity contribution is -0.122. The van der Waals surface area contributed by atoms with Gasteiger partial charge in [0.1, 0.15) is 12.4 Å². The number of Topliss-reactive ketones (excluding diaryl/α,β-unsaturated/α-hetero) is 1. The van der Waals surface area contributed by atoms with Crippen molar-refractivity contribution in [3.05, 3.63) is 119 Å². The van der Waals surface area contributed by atoms with Crippen molar-refractivity contribution < 1.29 is 14.3 Å². The van der Waals surface area contributed by atoms with Gasteiger partial charge in [-0.25, -0.2) is 4.79 Å². The summed E-state index contributed by atoms with van der Waals surface area (Å²) in [5.74, 6) is 0.393. The Balaban J connectivity index is 1.13. The summed E-state index contributed by atoms with van der Waals surface area (Å²) in [6.45, 7) is 0.704. The molecule has 1 atom stereocenters. The highest BCUT2D eigenvalue weighted by atomic mass is 16.6. The predicted molar refractivity (Wildman–Crippen MR) is 148 cm³/mol. The van der Waals surface area contributed by atoms with Gasteiger partial charge in [-0.1, -0.05) is 97.1 Å². The number of carbonyl (C=O) groups excluding carboxylic acids is 2. The first-order chi connectivity index (χ1) is 18.7. The molecule has 1 saturated heterocycles. The Labute approximate surface area is 222 Å². The third-order valence-corrected chi connectivity index (χ3v) is 8.58. The number of hydrogen-bond donors (Lipinski definition) is 0. The second-order valence-corrected chi connectivity index (χ2v) is 10.6. The Kier molecular flexibility index (Phi) is 5.61. The number of amides is 1. The highest BCUT2D eigenvalue weighted by Crippen LogP contribution is 2.48. The van der Waals surface area contributed by atoms with E-state index in [1.807, 2.05) is 17.0 Å². The van der Waals surface area contributed by atoms with Gasteiger partial charge in [-0.05, 0) is 50.9 Å². The summed E-state index contributed by atoms with van der Waals surface area (Å²) in [5.41, 5.74) is 9.88. The molecule has 1 heterocycles. The molecule has 1 unspecified atom stereocenters. The van der Waals surface area contributed by atoms with Gasteiger partial charge in [0.25, 0.3) is 0 Å². The maximum atomic E-state index is 13.6. The van der Waals surface area contributed by atoms with E-state index in [-0.39, 0.29) is 29.8 Å². The molecule has 0 spiro atoms. The molecule has 1 fully saturated rings. The van der Waals surface area contributed by atoms with Crippen LogP contribution < -0.4 is 0 Å². The Morgan fingerprint density at radius 3 is 1.63 bits per heavy atom. The Morgan fingerprint density at radius 1 is 0.684 bits per heavy atom. The normalized spacial score (nSPS) is 18.1. The lowest BCUT2D eigenvalue weighted by Crippen LogP contribution is -2.47. The number of rotatable bonds is 4. The van der Waals surface area contributed by atoms with Crippen molar-refractivity contribution in [3.8, 4) is 22.3 Å². The van der Waals surface area contributed by atoms with Crippen LogP contribution in [0.3, 0.4) is 0 Å². The smallest absolute Gasteiger partial charge is 0.410 e. The number of ketones is 1. The predicted octanol–water partition coefficient (Wildman–Crippen LogP) is 7.17. The number of fused-ring (bicyclic) bond motifs is 6. The molecule has 4 aromatic rings. The molecule has 2 aliphatic carbocycles. The Bertz CT molecular complexity index is 1470. The standard InChI is InChI=1S/C34H29NO3/c36-23-17-18-35(22(19-23)20-32-28-13-5-1-9-24(28)25-10-2-6-14-29(25)32)34(37)38-21-33-30-15-7-3-11-26(30)27-12-4-8-16-31(27)33/h1-16,22,32-33H,17-21H2. The number of piperidine rings is 1. The van der Waals surface area contributed by atoms with Crippen LogP contribution >= 0.6 is 0 Å². The summed E-state index contributed by atoms with van der Waals surface area (Å²) in [4.78, 5) is 27.9. The second kappa shape index (κ2) is 9.29. The van der Waals surface area contributed by atoms with Crippen molar-refractivity contribution >= 4 is 11.9 Å². The quantitative estimate of drug-likeness (QED) is 0.299. The van der Waals surface area contributed by atoms with Crippen molar-refractivity contribution in [1.29, 1.82) is 0 Å². The highest BCUT2D eigenvalue weighted by molar-refractivity contribution is 5.83. The van der Waals surface area contributed by atoms with Gasteiger partial charge in [0, 0.05) is 37.3 Å². The average molecular weight is 500 g/mol. The van der Waals surface area contributed by atoms with Gasteiger partial charge in [-0.2, -0.15) is 0 Å². The number of benzene rings is 4. The third kappa shape index (κ3) is 3.75. The summed E-state index contributed by atoms with van der Waals surface area (Å²) < 4.78 is 6.02. The minimum Gasteiger partial charge on any atom is -0.448 e. The Morgan fingerprint density at radius 2 is 1.13 bits per heavy atom. The van der Waals surface area contributed by atoms with Gasteiger partial charge in [0.05, 0.1) is 0 Å². The highest BCUT2D eigenvalue weighted by Gasteiger charge is 2.38. The lowest BCUT2D eigenvalue weighted by atomic mass is 9.86. The van der Waals surface area contributed by atoms with Gasteiger partial charge < -0.3 is 9.64 Å². The van der Waals surface area contributed by atoms with Gasteiger partial charge in [-0.15, -0.1) is 0 Å². The van der Waals surface area contributed by atoms with E-state index in [1.54, 1.807) is 0 Å². The van der Waals surface area contributed by atoms with Crippen LogP contribution in [0.1, 0.15) is 53.4 Å². The molecule has 0 N–H and O–H groups in total. The van der Waals surface area contributed by atoms with E-state index in [0.29, 0.717) is 32.4 Å². The molecule has 7 rings (SSSR count). The SMILES string of the molecule is O=C1CCN(C(=O)OCC2c3ccccc3-c3ccccc32)C(CC2c3ccccc3-c3ccccc32)C1. The summed E-state index contributed by atoms with van der Waals surface area (Å²) in [6.07, 6.45) is 1.16. The molecular weight excluding hydrogens is 470 g/mol. The molecule has 0 radical (unpaired) electrons. The first-order valence-corrected chi connectivity index (χ1v) is 13.5. The third-order valence-electron chi connectivity index (χ3n) is 8.58. The molecule has 0 aromatic heterocycles.